The fraction of sp³-hybridized carbons (Fsp3) is 0.720. The highest BCUT2D eigenvalue weighted by atomic mass is 16.6. The van der Waals surface area contributed by atoms with Gasteiger partial charge in [-0.25, -0.2) is 4.79 Å². The van der Waals surface area contributed by atoms with Crippen LogP contribution in [0, 0.1) is 0 Å². The molecule has 0 unspecified atom stereocenters. The highest BCUT2D eigenvalue weighted by Crippen LogP contribution is 2.26. The van der Waals surface area contributed by atoms with Crippen molar-refractivity contribution in [3.63, 3.8) is 0 Å². The molecule has 0 aromatic rings. The first-order chi connectivity index (χ1) is 18.9. The van der Waals surface area contributed by atoms with Gasteiger partial charge in [0.05, 0.1) is 13.1 Å². The molecule has 0 radical (unpaired) electrons. The summed E-state index contributed by atoms with van der Waals surface area (Å²) in [6.07, 6.45) is -5.19. The lowest BCUT2D eigenvalue weighted by Gasteiger charge is -2.45. The number of ether oxygens (including phenoxy) is 5. The molecule has 0 bridgehead atoms. The molecular formula is C25H40N4O12. The minimum Gasteiger partial charge on any atom is -0.463 e. The van der Waals surface area contributed by atoms with Crippen molar-refractivity contribution in [1.29, 1.82) is 0 Å². The molecule has 6 atom stereocenters. The van der Waals surface area contributed by atoms with Crippen LogP contribution in [0.5, 0.6) is 0 Å². The van der Waals surface area contributed by atoms with Gasteiger partial charge in [-0.2, -0.15) is 0 Å². The molecule has 1 fully saturated rings. The van der Waals surface area contributed by atoms with E-state index < -0.39 is 97.0 Å². The van der Waals surface area contributed by atoms with Crippen LogP contribution in [-0.2, 0) is 57.2 Å². The maximum absolute atomic E-state index is 12.7. The minimum atomic E-state index is -1.34. The first-order valence-electron chi connectivity index (χ1n) is 12.8. The van der Waals surface area contributed by atoms with E-state index in [9.17, 15) is 33.6 Å². The van der Waals surface area contributed by atoms with Crippen LogP contribution in [0.1, 0.15) is 55.4 Å². The molecular weight excluding hydrogens is 548 g/mol. The van der Waals surface area contributed by atoms with Crippen molar-refractivity contribution in [1.82, 2.24) is 21.3 Å². The zero-order chi connectivity index (χ0) is 31.5. The van der Waals surface area contributed by atoms with Gasteiger partial charge in [-0.15, -0.1) is 0 Å². The van der Waals surface area contributed by atoms with E-state index in [-0.39, 0.29) is 6.54 Å². The van der Waals surface area contributed by atoms with E-state index in [1.165, 1.54) is 13.8 Å². The summed E-state index contributed by atoms with van der Waals surface area (Å²) < 4.78 is 26.7. The molecule has 16 nitrogen and oxygen atoms in total. The van der Waals surface area contributed by atoms with Crippen molar-refractivity contribution in [2.24, 2.45) is 0 Å². The normalized spacial score (nSPS) is 22.8. The van der Waals surface area contributed by atoms with E-state index in [2.05, 4.69) is 21.3 Å². The molecule has 4 N–H and O–H groups in total. The summed E-state index contributed by atoms with van der Waals surface area (Å²) >= 11 is 0. The monoisotopic (exact) mass is 588 g/mol. The number of carbonyl (C=O) groups is 7. The predicted octanol–water partition coefficient (Wildman–Crippen LogP) is -1.81. The lowest BCUT2D eigenvalue weighted by atomic mass is 9.95. The molecule has 1 saturated heterocycles. The Hall–Kier alpha value is -3.79. The van der Waals surface area contributed by atoms with Crippen molar-refractivity contribution in [2.45, 2.75) is 97.6 Å². The van der Waals surface area contributed by atoms with Gasteiger partial charge in [-0.1, -0.05) is 0 Å². The van der Waals surface area contributed by atoms with E-state index in [1.807, 2.05) is 0 Å². The van der Waals surface area contributed by atoms with Gasteiger partial charge in [0.25, 0.3) is 0 Å². The summed E-state index contributed by atoms with van der Waals surface area (Å²) in [4.78, 5) is 84.0. The average molecular weight is 589 g/mol. The number of carbonyl (C=O) groups excluding carboxylic acids is 7. The molecule has 3 amide bonds. The van der Waals surface area contributed by atoms with E-state index >= 15 is 0 Å². The summed E-state index contributed by atoms with van der Waals surface area (Å²) in [5.41, 5.74) is -0.730. The third-order valence-electron chi connectivity index (χ3n) is 5.13. The summed E-state index contributed by atoms with van der Waals surface area (Å²) in [6, 6.07) is -2.15. The first-order valence-corrected chi connectivity index (χ1v) is 12.8. The van der Waals surface area contributed by atoms with Crippen molar-refractivity contribution >= 4 is 41.6 Å². The van der Waals surface area contributed by atoms with Gasteiger partial charge in [0.15, 0.2) is 18.4 Å². The van der Waals surface area contributed by atoms with Crippen molar-refractivity contribution in [3.05, 3.63) is 0 Å². The Morgan fingerprint density at radius 3 is 1.88 bits per heavy atom. The minimum absolute atomic E-state index is 0.332. The molecule has 232 valence electrons. The van der Waals surface area contributed by atoms with Crippen molar-refractivity contribution in [2.75, 3.05) is 19.7 Å². The number of nitrogens with one attached hydrogen (secondary N) is 4. The van der Waals surface area contributed by atoms with Gasteiger partial charge < -0.3 is 39.6 Å². The zero-order valence-corrected chi connectivity index (χ0v) is 24.5. The highest BCUT2D eigenvalue weighted by molar-refractivity contribution is 5.86. The van der Waals surface area contributed by atoms with Crippen molar-refractivity contribution < 1.29 is 57.2 Å². The quantitative estimate of drug-likeness (QED) is 0.146. The van der Waals surface area contributed by atoms with E-state index in [0.717, 1.165) is 20.8 Å². The Kier molecular flexibility index (Phi) is 13.6. The second-order valence-corrected chi connectivity index (χ2v) is 10.3. The van der Waals surface area contributed by atoms with Gasteiger partial charge in [-0.05, 0) is 27.7 Å². The van der Waals surface area contributed by atoms with Crippen LogP contribution in [0.15, 0.2) is 0 Å². The number of amides is 3. The number of esters is 4. The zero-order valence-electron chi connectivity index (χ0n) is 24.5. The molecule has 1 rings (SSSR count). The molecule has 41 heavy (non-hydrogen) atoms. The third kappa shape index (κ3) is 13.4. The Labute approximate surface area is 237 Å². The molecule has 16 heteroatoms. The van der Waals surface area contributed by atoms with E-state index in [0.29, 0.717) is 0 Å². The average Bonchev–Trinajstić information content (AvgIpc) is 2.79. The van der Waals surface area contributed by atoms with Gasteiger partial charge >= 0.3 is 23.9 Å². The summed E-state index contributed by atoms with van der Waals surface area (Å²) in [5, 5.41) is 10.1. The van der Waals surface area contributed by atoms with Crippen LogP contribution in [0.4, 0.5) is 0 Å². The smallest absolute Gasteiger partial charge is 0.328 e. The SMILES string of the molecule is CC(=O)N[C@@H]1[C@@H](OC(C)=O)[C@H](OC(C)=O)[C@@H](COC(C)=O)O[C@H]1NC(=O)CNCC(=O)N[C@@H](C)C(=O)OC(C)(C)C. The van der Waals surface area contributed by atoms with Crippen LogP contribution in [0.3, 0.4) is 0 Å². The van der Waals surface area contributed by atoms with Gasteiger partial charge in [0.2, 0.25) is 17.7 Å². The van der Waals surface area contributed by atoms with Gasteiger partial charge in [0, 0.05) is 27.7 Å². The van der Waals surface area contributed by atoms with Crippen LogP contribution in [-0.4, -0.2) is 104 Å². The second kappa shape index (κ2) is 15.9. The Morgan fingerprint density at radius 1 is 0.805 bits per heavy atom. The molecule has 0 aromatic heterocycles. The number of hydrogen-bond donors (Lipinski definition) is 4. The van der Waals surface area contributed by atoms with Crippen molar-refractivity contribution in [3.8, 4) is 0 Å². The summed E-state index contributed by atoms with van der Waals surface area (Å²) in [5.74, 6) is -4.71. The van der Waals surface area contributed by atoms with Crippen LogP contribution >= 0.6 is 0 Å². The third-order valence-corrected chi connectivity index (χ3v) is 5.13. The van der Waals surface area contributed by atoms with Crippen LogP contribution in [0.2, 0.25) is 0 Å². The molecule has 1 heterocycles. The lowest BCUT2D eigenvalue weighted by Crippen LogP contribution is -2.70. The topological polar surface area (TPSA) is 214 Å². The molecule has 1 aliphatic rings. The maximum Gasteiger partial charge on any atom is 0.328 e. The molecule has 0 aromatic carbocycles. The Bertz CT molecular complexity index is 996. The van der Waals surface area contributed by atoms with Crippen LogP contribution < -0.4 is 21.3 Å². The standard InChI is InChI=1S/C25H40N4O12/c1-12(24(36)41-25(6,7)8)27-18(34)9-26-10-19(35)29-23-20(28-13(2)30)22(39-16(5)33)21(38-15(4)32)17(40-23)11-37-14(3)31/h12,17,20-23,26H,9-11H2,1-8H3,(H,27,34)(H,28,30)(H,29,35)/t12-,17+,20+,21+,22+,23+/m0/s1. The Balaban J connectivity index is 2.97. The number of hydrogen-bond acceptors (Lipinski definition) is 13. The Morgan fingerprint density at radius 2 is 1.37 bits per heavy atom. The lowest BCUT2D eigenvalue weighted by molar-refractivity contribution is -0.227. The fourth-order valence-corrected chi connectivity index (χ4v) is 3.70. The van der Waals surface area contributed by atoms with E-state index in [1.54, 1.807) is 20.8 Å². The fourth-order valence-electron chi connectivity index (χ4n) is 3.70. The summed E-state index contributed by atoms with van der Waals surface area (Å²) in [6.45, 7) is 9.87. The molecule has 0 spiro atoms. The maximum atomic E-state index is 12.7. The molecule has 0 saturated carbocycles. The predicted molar refractivity (Wildman–Crippen MR) is 138 cm³/mol. The van der Waals surface area contributed by atoms with E-state index in [4.69, 9.17) is 23.7 Å². The van der Waals surface area contributed by atoms with Gasteiger partial charge in [-0.3, -0.25) is 34.1 Å². The summed E-state index contributed by atoms with van der Waals surface area (Å²) in [7, 11) is 0. The number of rotatable bonds is 12. The second-order valence-electron chi connectivity index (χ2n) is 10.3. The molecule has 0 aliphatic carbocycles. The highest BCUT2D eigenvalue weighted by Gasteiger charge is 2.51. The molecule has 1 aliphatic heterocycles. The first kappa shape index (κ1) is 35.2. The largest absolute Gasteiger partial charge is 0.463 e. The van der Waals surface area contributed by atoms with Crippen LogP contribution in [0.25, 0.3) is 0 Å². The van der Waals surface area contributed by atoms with Gasteiger partial charge in [0.1, 0.15) is 30.4 Å².